The van der Waals surface area contributed by atoms with Crippen molar-refractivity contribution < 1.29 is 14.1 Å². The molecule has 26 heavy (non-hydrogen) atoms. The molecule has 6 nitrogen and oxygen atoms in total. The van der Waals surface area contributed by atoms with Crippen molar-refractivity contribution in [2.75, 3.05) is 23.3 Å². The van der Waals surface area contributed by atoms with Gasteiger partial charge in [-0.15, -0.1) is 0 Å². The Bertz CT molecular complexity index is 848. The Balaban J connectivity index is 1.82. The molecule has 0 aliphatic carbocycles. The number of amides is 1. The van der Waals surface area contributed by atoms with Gasteiger partial charge in [-0.05, 0) is 50.5 Å². The number of aryl methyl sites for hydroxylation is 1. The van der Waals surface area contributed by atoms with E-state index in [4.69, 9.17) is 0 Å². The van der Waals surface area contributed by atoms with Gasteiger partial charge < -0.3 is 10.2 Å². The Morgan fingerprint density at radius 2 is 1.88 bits per heavy atom. The molecule has 0 radical (unpaired) electrons. The summed E-state index contributed by atoms with van der Waals surface area (Å²) in [6, 6.07) is 8.72. The molecule has 0 saturated carbocycles. The fourth-order valence-corrected chi connectivity index (χ4v) is 3.13. The van der Waals surface area contributed by atoms with E-state index in [0.29, 0.717) is 16.9 Å². The van der Waals surface area contributed by atoms with Crippen molar-refractivity contribution in [2.24, 2.45) is 0 Å². The van der Waals surface area contributed by atoms with E-state index in [1.165, 1.54) is 18.2 Å². The van der Waals surface area contributed by atoms with E-state index in [9.17, 15) is 19.3 Å². The van der Waals surface area contributed by atoms with Crippen LogP contribution in [0.4, 0.5) is 21.5 Å². The van der Waals surface area contributed by atoms with Crippen LogP contribution in [-0.2, 0) is 0 Å². The zero-order valence-electron chi connectivity index (χ0n) is 14.5. The topological polar surface area (TPSA) is 75.5 Å². The van der Waals surface area contributed by atoms with Crippen molar-refractivity contribution in [1.82, 2.24) is 0 Å². The van der Waals surface area contributed by atoms with Crippen molar-refractivity contribution in [1.29, 1.82) is 0 Å². The molecule has 1 aliphatic rings. The van der Waals surface area contributed by atoms with Gasteiger partial charge in [0, 0.05) is 41.7 Å². The molecule has 2 aromatic carbocycles. The lowest BCUT2D eigenvalue weighted by molar-refractivity contribution is -0.385. The number of piperidine rings is 1. The van der Waals surface area contributed by atoms with Crippen molar-refractivity contribution in [3.8, 4) is 0 Å². The fraction of sp³-hybridized carbons (Fsp3) is 0.316. The number of halogens is 1. The summed E-state index contributed by atoms with van der Waals surface area (Å²) < 4.78 is 14.0. The molecule has 1 amide bonds. The summed E-state index contributed by atoms with van der Waals surface area (Å²) in [5.74, 6) is -0.978. The number of anilines is 2. The molecule has 1 fully saturated rings. The zero-order valence-corrected chi connectivity index (χ0v) is 14.5. The molecular weight excluding hydrogens is 337 g/mol. The highest BCUT2D eigenvalue weighted by atomic mass is 19.1. The van der Waals surface area contributed by atoms with Gasteiger partial charge in [-0.1, -0.05) is 6.07 Å². The average Bonchev–Trinajstić information content (AvgIpc) is 2.63. The molecule has 2 aromatic rings. The Hall–Kier alpha value is -2.96. The lowest BCUT2D eigenvalue weighted by atomic mass is 10.1. The number of nitrogens with one attached hydrogen (secondary N) is 1. The van der Waals surface area contributed by atoms with Gasteiger partial charge in [0.2, 0.25) is 0 Å². The van der Waals surface area contributed by atoms with Gasteiger partial charge in [-0.25, -0.2) is 4.39 Å². The molecule has 1 N–H and O–H groups in total. The minimum Gasteiger partial charge on any atom is -0.371 e. The van der Waals surface area contributed by atoms with E-state index in [1.807, 2.05) is 0 Å². The van der Waals surface area contributed by atoms with Gasteiger partial charge >= 0.3 is 0 Å². The first-order valence-corrected chi connectivity index (χ1v) is 8.56. The van der Waals surface area contributed by atoms with Crippen LogP contribution in [0.15, 0.2) is 36.4 Å². The highest BCUT2D eigenvalue weighted by Gasteiger charge is 2.17. The summed E-state index contributed by atoms with van der Waals surface area (Å²) in [5, 5.41) is 13.6. The third-order valence-corrected chi connectivity index (χ3v) is 4.53. The van der Waals surface area contributed by atoms with Crippen LogP contribution < -0.4 is 10.2 Å². The van der Waals surface area contributed by atoms with Crippen LogP contribution in [0.2, 0.25) is 0 Å². The number of benzene rings is 2. The number of nitro groups is 1. The highest BCUT2D eigenvalue weighted by molar-refractivity contribution is 6.05. The standard InChI is InChI=1S/C19H20FN3O3/c1-13-5-6-16(12-18(13)23(25)26)21-19(24)14-9-15(20)11-17(10-14)22-7-3-2-4-8-22/h5-6,9-12H,2-4,7-8H2,1H3,(H,21,24). The van der Waals surface area contributed by atoms with Gasteiger partial charge in [0.1, 0.15) is 5.82 Å². The number of carbonyl (C=O) groups is 1. The molecule has 0 aromatic heterocycles. The summed E-state index contributed by atoms with van der Waals surface area (Å²) >= 11 is 0. The third kappa shape index (κ3) is 3.99. The third-order valence-electron chi connectivity index (χ3n) is 4.53. The highest BCUT2D eigenvalue weighted by Crippen LogP contribution is 2.25. The molecule has 136 valence electrons. The van der Waals surface area contributed by atoms with Crippen LogP contribution in [0.5, 0.6) is 0 Å². The molecule has 7 heteroatoms. The molecule has 3 rings (SSSR count). The molecule has 0 unspecified atom stereocenters. The maximum absolute atomic E-state index is 14.0. The number of nitrogens with zero attached hydrogens (tertiary/aromatic N) is 2. The summed E-state index contributed by atoms with van der Waals surface area (Å²) in [6.45, 7) is 3.31. The van der Waals surface area contributed by atoms with Crippen LogP contribution in [-0.4, -0.2) is 23.9 Å². The second kappa shape index (κ2) is 7.51. The predicted octanol–water partition coefficient (Wildman–Crippen LogP) is 4.28. The van der Waals surface area contributed by atoms with E-state index in [2.05, 4.69) is 10.2 Å². The minimum absolute atomic E-state index is 0.0731. The predicted molar refractivity (Wildman–Crippen MR) is 98.3 cm³/mol. The smallest absolute Gasteiger partial charge is 0.274 e. The molecule has 0 bridgehead atoms. The summed E-state index contributed by atoms with van der Waals surface area (Å²) in [6.07, 6.45) is 3.25. The molecule has 1 aliphatic heterocycles. The lowest BCUT2D eigenvalue weighted by Crippen LogP contribution is -2.29. The SMILES string of the molecule is Cc1ccc(NC(=O)c2cc(F)cc(N3CCCCC3)c2)cc1[N+](=O)[O-]. The van der Waals surface area contributed by atoms with Crippen LogP contribution >= 0.6 is 0 Å². The Morgan fingerprint density at radius 1 is 1.15 bits per heavy atom. The minimum atomic E-state index is -0.499. The lowest BCUT2D eigenvalue weighted by Gasteiger charge is -2.29. The van der Waals surface area contributed by atoms with E-state index >= 15 is 0 Å². The summed E-state index contributed by atoms with van der Waals surface area (Å²) in [5.41, 5.74) is 1.61. The van der Waals surface area contributed by atoms with E-state index in [1.54, 1.807) is 25.1 Å². The van der Waals surface area contributed by atoms with Crippen molar-refractivity contribution in [2.45, 2.75) is 26.2 Å². The second-order valence-electron chi connectivity index (χ2n) is 6.46. The van der Waals surface area contributed by atoms with E-state index < -0.39 is 16.6 Å². The Kier molecular flexibility index (Phi) is 5.16. The van der Waals surface area contributed by atoms with Gasteiger partial charge in [0.15, 0.2) is 0 Å². The Labute approximate surface area is 150 Å². The molecular formula is C19H20FN3O3. The van der Waals surface area contributed by atoms with Crippen LogP contribution in [0.3, 0.4) is 0 Å². The zero-order chi connectivity index (χ0) is 18.7. The van der Waals surface area contributed by atoms with Gasteiger partial charge in [0.25, 0.3) is 11.6 Å². The first-order valence-electron chi connectivity index (χ1n) is 8.56. The fourth-order valence-electron chi connectivity index (χ4n) is 3.13. The van der Waals surface area contributed by atoms with E-state index in [0.717, 1.165) is 32.4 Å². The molecule has 1 saturated heterocycles. The summed E-state index contributed by atoms with van der Waals surface area (Å²) in [7, 11) is 0. The molecule has 0 spiro atoms. The monoisotopic (exact) mass is 357 g/mol. The maximum Gasteiger partial charge on any atom is 0.274 e. The largest absolute Gasteiger partial charge is 0.371 e. The van der Waals surface area contributed by atoms with Crippen LogP contribution in [0.25, 0.3) is 0 Å². The average molecular weight is 357 g/mol. The quantitative estimate of drug-likeness (QED) is 0.654. The first kappa shape index (κ1) is 17.8. The number of hydrogen-bond donors (Lipinski definition) is 1. The van der Waals surface area contributed by atoms with Crippen molar-refractivity contribution >= 4 is 23.0 Å². The van der Waals surface area contributed by atoms with E-state index in [-0.39, 0.29) is 11.3 Å². The normalized spacial score (nSPS) is 14.2. The van der Waals surface area contributed by atoms with Crippen LogP contribution in [0, 0.1) is 22.9 Å². The van der Waals surface area contributed by atoms with Gasteiger partial charge in [-0.2, -0.15) is 0 Å². The number of rotatable bonds is 4. The molecule has 0 atom stereocenters. The number of carbonyl (C=O) groups excluding carboxylic acids is 1. The van der Waals surface area contributed by atoms with Gasteiger partial charge in [-0.3, -0.25) is 14.9 Å². The van der Waals surface area contributed by atoms with Crippen molar-refractivity contribution in [3.63, 3.8) is 0 Å². The Morgan fingerprint density at radius 3 is 2.58 bits per heavy atom. The van der Waals surface area contributed by atoms with Crippen LogP contribution in [0.1, 0.15) is 35.2 Å². The second-order valence-corrected chi connectivity index (χ2v) is 6.46. The van der Waals surface area contributed by atoms with Crippen molar-refractivity contribution in [3.05, 3.63) is 63.5 Å². The maximum atomic E-state index is 14.0. The number of nitro benzene ring substituents is 1. The molecule has 1 heterocycles. The summed E-state index contributed by atoms with van der Waals surface area (Å²) in [4.78, 5) is 25.1. The first-order chi connectivity index (χ1) is 12.4. The number of hydrogen-bond acceptors (Lipinski definition) is 4. The van der Waals surface area contributed by atoms with Gasteiger partial charge in [0.05, 0.1) is 4.92 Å².